The third-order valence-corrected chi connectivity index (χ3v) is 5.64. The van der Waals surface area contributed by atoms with Gasteiger partial charge in [0.2, 0.25) is 5.91 Å². The second kappa shape index (κ2) is 11.9. The van der Waals surface area contributed by atoms with Crippen LogP contribution in [0.4, 0.5) is 25.0 Å². The Morgan fingerprint density at radius 1 is 0.951 bits per heavy atom. The van der Waals surface area contributed by atoms with Crippen molar-refractivity contribution in [2.75, 3.05) is 17.7 Å². The van der Waals surface area contributed by atoms with Gasteiger partial charge in [0.1, 0.15) is 23.0 Å². The van der Waals surface area contributed by atoms with Gasteiger partial charge in [0.25, 0.3) is 0 Å². The number of methoxy groups -OCH3 is 1. The largest absolute Gasteiger partial charge is 0.496 e. The summed E-state index contributed by atoms with van der Waals surface area (Å²) < 4.78 is 40.9. The molecular formula is C29H27F2N5O5. The lowest BCUT2D eigenvalue weighted by Crippen LogP contribution is -2.27. The van der Waals surface area contributed by atoms with Crippen molar-refractivity contribution >= 4 is 29.2 Å². The molecule has 0 unspecified atom stereocenters. The summed E-state index contributed by atoms with van der Waals surface area (Å²) in [6, 6.07) is 12.1. The van der Waals surface area contributed by atoms with Crippen LogP contribution in [0, 0.1) is 11.6 Å². The number of halogens is 2. The normalized spacial score (nSPS) is 11.1. The molecule has 2 amide bonds. The van der Waals surface area contributed by atoms with E-state index in [1.807, 2.05) is 0 Å². The van der Waals surface area contributed by atoms with Crippen molar-refractivity contribution in [1.29, 1.82) is 0 Å². The molecule has 10 nitrogen and oxygen atoms in total. The van der Waals surface area contributed by atoms with Crippen molar-refractivity contribution in [2.24, 2.45) is 0 Å². The van der Waals surface area contributed by atoms with E-state index in [4.69, 9.17) is 9.47 Å². The van der Waals surface area contributed by atoms with Crippen molar-refractivity contribution in [1.82, 2.24) is 15.0 Å². The molecule has 0 atom stereocenters. The number of carbonyl (C=O) groups is 3. The van der Waals surface area contributed by atoms with Gasteiger partial charge in [-0.25, -0.2) is 18.3 Å². The molecule has 1 aromatic heterocycles. The number of anilines is 2. The highest BCUT2D eigenvalue weighted by atomic mass is 19.1. The van der Waals surface area contributed by atoms with Gasteiger partial charge in [-0.1, -0.05) is 17.3 Å². The standard InChI is InChI=1S/C29H27F2N5O5/c1-29(2,3)41-28(39)34-24-15-26(40-4)21(20-13-18(30)8-9-22(20)31)14-23(24)33-27(38)16-25(37)17-6-5-7-19(12-17)36-11-10-32-35-36/h5-15H,16H2,1-4H3,(H,33,38)(H,34,39). The van der Waals surface area contributed by atoms with Gasteiger partial charge in [-0.05, 0) is 57.2 Å². The molecule has 3 aromatic carbocycles. The third kappa shape index (κ3) is 7.29. The lowest BCUT2D eigenvalue weighted by molar-refractivity contribution is -0.115. The zero-order valence-electron chi connectivity index (χ0n) is 22.7. The molecule has 0 aliphatic carbocycles. The maximum Gasteiger partial charge on any atom is 0.412 e. The van der Waals surface area contributed by atoms with Crippen LogP contribution in [0.1, 0.15) is 37.6 Å². The molecule has 0 fully saturated rings. The Hall–Kier alpha value is -5.13. The van der Waals surface area contributed by atoms with Gasteiger partial charge in [0.05, 0.1) is 43.0 Å². The second-order valence-corrected chi connectivity index (χ2v) is 9.90. The number of nitrogens with zero attached hydrogens (tertiary/aromatic N) is 3. The Labute approximate surface area is 234 Å². The van der Waals surface area contributed by atoms with Gasteiger partial charge in [-0.15, -0.1) is 5.10 Å². The monoisotopic (exact) mass is 563 g/mol. The topological polar surface area (TPSA) is 124 Å². The van der Waals surface area contributed by atoms with E-state index < -0.39 is 41.4 Å². The predicted molar refractivity (Wildman–Crippen MR) is 147 cm³/mol. The molecule has 4 rings (SSSR count). The average molecular weight is 564 g/mol. The van der Waals surface area contributed by atoms with Gasteiger partial charge in [-0.2, -0.15) is 0 Å². The quantitative estimate of drug-likeness (QED) is 0.206. The van der Waals surface area contributed by atoms with Crippen LogP contribution >= 0.6 is 0 Å². The number of nitrogens with one attached hydrogen (secondary N) is 2. The molecule has 0 saturated heterocycles. The van der Waals surface area contributed by atoms with Crippen LogP contribution < -0.4 is 15.4 Å². The summed E-state index contributed by atoms with van der Waals surface area (Å²) in [5.74, 6) is -2.55. The van der Waals surface area contributed by atoms with Crippen molar-refractivity contribution in [3.8, 4) is 22.6 Å². The summed E-state index contributed by atoms with van der Waals surface area (Å²) in [6.07, 6.45) is 1.71. The number of hydrogen-bond donors (Lipinski definition) is 2. The number of amides is 2. The van der Waals surface area contributed by atoms with Crippen LogP contribution in [0.3, 0.4) is 0 Å². The van der Waals surface area contributed by atoms with Crippen molar-refractivity contribution < 1.29 is 32.6 Å². The molecule has 12 heteroatoms. The first-order valence-corrected chi connectivity index (χ1v) is 12.4. The first-order chi connectivity index (χ1) is 19.4. The molecule has 0 radical (unpaired) electrons. The Kier molecular flexibility index (Phi) is 8.41. The van der Waals surface area contributed by atoms with E-state index in [9.17, 15) is 23.2 Å². The zero-order valence-corrected chi connectivity index (χ0v) is 22.7. The zero-order chi connectivity index (χ0) is 29.7. The summed E-state index contributed by atoms with van der Waals surface area (Å²) in [7, 11) is 1.32. The first-order valence-electron chi connectivity index (χ1n) is 12.4. The smallest absolute Gasteiger partial charge is 0.412 e. The van der Waals surface area contributed by atoms with E-state index in [2.05, 4.69) is 20.9 Å². The van der Waals surface area contributed by atoms with E-state index in [1.165, 1.54) is 30.1 Å². The minimum atomic E-state index is -0.833. The summed E-state index contributed by atoms with van der Waals surface area (Å²) in [4.78, 5) is 38.5. The van der Waals surface area contributed by atoms with Crippen LogP contribution in [-0.4, -0.2) is 45.5 Å². The van der Waals surface area contributed by atoms with Gasteiger partial charge >= 0.3 is 6.09 Å². The number of hydrogen-bond acceptors (Lipinski definition) is 7. The summed E-state index contributed by atoms with van der Waals surface area (Å²) >= 11 is 0. The average Bonchev–Trinajstić information content (AvgIpc) is 3.45. The predicted octanol–water partition coefficient (Wildman–Crippen LogP) is 5.78. The molecule has 0 spiro atoms. The lowest BCUT2D eigenvalue weighted by atomic mass is 10.0. The van der Waals surface area contributed by atoms with Crippen molar-refractivity contribution in [3.05, 3.63) is 84.2 Å². The molecule has 1 heterocycles. The third-order valence-electron chi connectivity index (χ3n) is 5.64. The highest BCUT2D eigenvalue weighted by Crippen LogP contribution is 2.39. The Morgan fingerprint density at radius 3 is 2.39 bits per heavy atom. The highest BCUT2D eigenvalue weighted by molar-refractivity contribution is 6.12. The molecule has 4 aromatic rings. The Morgan fingerprint density at radius 2 is 1.71 bits per heavy atom. The number of carbonyl (C=O) groups excluding carboxylic acids is 3. The number of benzene rings is 3. The van der Waals surface area contributed by atoms with E-state index in [-0.39, 0.29) is 33.8 Å². The fraction of sp³-hybridized carbons (Fsp3) is 0.207. The second-order valence-electron chi connectivity index (χ2n) is 9.90. The highest BCUT2D eigenvalue weighted by Gasteiger charge is 2.22. The number of ether oxygens (including phenoxy) is 2. The fourth-order valence-electron chi connectivity index (χ4n) is 3.89. The van der Waals surface area contributed by atoms with Gasteiger partial charge in [0, 0.05) is 22.8 Å². The molecule has 0 saturated carbocycles. The van der Waals surface area contributed by atoms with Crippen LogP contribution in [0.15, 0.2) is 67.0 Å². The molecular weight excluding hydrogens is 536 g/mol. The van der Waals surface area contributed by atoms with E-state index in [0.29, 0.717) is 5.69 Å². The van der Waals surface area contributed by atoms with E-state index >= 15 is 0 Å². The van der Waals surface area contributed by atoms with Gasteiger partial charge in [-0.3, -0.25) is 14.9 Å². The van der Waals surface area contributed by atoms with Gasteiger partial charge in [0.15, 0.2) is 5.78 Å². The SMILES string of the molecule is COc1cc(NC(=O)OC(C)(C)C)c(NC(=O)CC(=O)c2cccc(-n3ccnn3)c2)cc1-c1cc(F)ccc1F. The molecule has 0 bridgehead atoms. The summed E-state index contributed by atoms with van der Waals surface area (Å²) in [6.45, 7) is 5.03. The maximum absolute atomic E-state index is 14.7. The minimum absolute atomic E-state index is 0.00415. The molecule has 0 aliphatic heterocycles. The van der Waals surface area contributed by atoms with Crippen molar-refractivity contribution in [3.63, 3.8) is 0 Å². The molecule has 2 N–H and O–H groups in total. The van der Waals surface area contributed by atoms with Crippen LogP contribution in [0.25, 0.3) is 16.8 Å². The van der Waals surface area contributed by atoms with Gasteiger partial charge < -0.3 is 14.8 Å². The molecule has 212 valence electrons. The van der Waals surface area contributed by atoms with Crippen LogP contribution in [-0.2, 0) is 9.53 Å². The minimum Gasteiger partial charge on any atom is -0.496 e. The maximum atomic E-state index is 14.7. The molecule has 0 aliphatic rings. The van der Waals surface area contributed by atoms with E-state index in [1.54, 1.807) is 51.2 Å². The van der Waals surface area contributed by atoms with E-state index in [0.717, 1.165) is 18.2 Å². The summed E-state index contributed by atoms with van der Waals surface area (Å²) in [5.41, 5.74) is 0.0285. The lowest BCUT2D eigenvalue weighted by Gasteiger charge is -2.21. The number of Topliss-reactive ketones (excluding diaryl/α,β-unsaturated/α-hetero) is 1. The fourth-order valence-corrected chi connectivity index (χ4v) is 3.89. The number of ketones is 1. The Balaban J connectivity index is 1.65. The number of rotatable bonds is 8. The van der Waals surface area contributed by atoms with Crippen LogP contribution in [0.5, 0.6) is 5.75 Å². The van der Waals surface area contributed by atoms with Crippen molar-refractivity contribution in [2.45, 2.75) is 32.8 Å². The number of aromatic nitrogens is 3. The Bertz CT molecular complexity index is 1600. The van der Waals surface area contributed by atoms with Crippen LogP contribution in [0.2, 0.25) is 0 Å². The molecule has 41 heavy (non-hydrogen) atoms. The summed E-state index contributed by atoms with van der Waals surface area (Å²) in [5, 5.41) is 12.8. The first kappa shape index (κ1) is 28.9.